The van der Waals surface area contributed by atoms with E-state index in [0.29, 0.717) is 6.54 Å². The average Bonchev–Trinajstić information content (AvgIpc) is 2.32. The van der Waals surface area contributed by atoms with Crippen molar-refractivity contribution in [3.8, 4) is 0 Å². The Bertz CT molecular complexity index is 171. The minimum atomic E-state index is -0.635. The molecule has 5 N–H and O–H groups in total. The molecule has 0 saturated carbocycles. The van der Waals surface area contributed by atoms with Gasteiger partial charge in [-0.25, -0.2) is 0 Å². The van der Waals surface area contributed by atoms with E-state index in [1.165, 1.54) is 0 Å². The molecule has 0 unspecified atom stereocenters. The van der Waals surface area contributed by atoms with E-state index in [1.54, 1.807) is 0 Å². The van der Waals surface area contributed by atoms with Gasteiger partial charge in [-0.1, -0.05) is 0 Å². The second-order valence-electron chi connectivity index (χ2n) is 4.39. The number of rotatable bonds is 3. The monoisotopic (exact) mass is 246 g/mol. The van der Waals surface area contributed by atoms with Crippen molar-refractivity contribution in [1.29, 1.82) is 0 Å². The van der Waals surface area contributed by atoms with Gasteiger partial charge in [0.25, 0.3) is 0 Å². The van der Waals surface area contributed by atoms with Crippen molar-refractivity contribution in [2.75, 3.05) is 65.5 Å². The largest absolute Gasteiger partial charge is 0.394 e. The first kappa shape index (κ1) is 14.8. The predicted molar refractivity (Wildman–Crippen MR) is 68.1 cm³/mol. The van der Waals surface area contributed by atoms with Crippen LogP contribution >= 0.6 is 0 Å². The van der Waals surface area contributed by atoms with Crippen molar-refractivity contribution in [3.05, 3.63) is 0 Å². The van der Waals surface area contributed by atoms with Crippen molar-refractivity contribution in [3.63, 3.8) is 0 Å². The Morgan fingerprint density at radius 3 is 1.82 bits per heavy atom. The second kappa shape index (κ2) is 9.76. The van der Waals surface area contributed by atoms with E-state index in [0.717, 1.165) is 52.4 Å². The molecule has 0 spiro atoms. The molecule has 1 fully saturated rings. The van der Waals surface area contributed by atoms with Crippen LogP contribution in [-0.4, -0.2) is 86.7 Å². The zero-order valence-corrected chi connectivity index (χ0v) is 10.5. The lowest BCUT2D eigenvalue weighted by atomic mass is 10.3. The Morgan fingerprint density at radius 2 is 1.35 bits per heavy atom. The molecule has 1 heterocycles. The van der Waals surface area contributed by atoms with E-state index in [-0.39, 0.29) is 6.61 Å². The van der Waals surface area contributed by atoms with Crippen LogP contribution in [0.5, 0.6) is 0 Å². The third kappa shape index (κ3) is 7.64. The maximum atomic E-state index is 9.46. The van der Waals surface area contributed by atoms with E-state index in [9.17, 15) is 5.11 Å². The minimum absolute atomic E-state index is 0.165. The van der Waals surface area contributed by atoms with Gasteiger partial charge in [0.1, 0.15) is 0 Å². The first-order valence-electron chi connectivity index (χ1n) is 6.46. The van der Waals surface area contributed by atoms with Crippen molar-refractivity contribution in [1.82, 2.24) is 20.9 Å². The van der Waals surface area contributed by atoms with Crippen LogP contribution in [0.15, 0.2) is 0 Å². The molecule has 0 amide bonds. The zero-order chi connectivity index (χ0) is 12.3. The summed E-state index contributed by atoms with van der Waals surface area (Å²) in [7, 11) is 0. The molecule has 0 bridgehead atoms. The van der Waals surface area contributed by atoms with Crippen LogP contribution in [0.2, 0.25) is 0 Å². The summed E-state index contributed by atoms with van der Waals surface area (Å²) in [5, 5.41) is 28.4. The number of hydrogen-bond donors (Lipinski definition) is 5. The molecule has 1 saturated heterocycles. The van der Waals surface area contributed by atoms with Crippen molar-refractivity contribution < 1.29 is 10.2 Å². The molecule has 0 radical (unpaired) electrons. The summed E-state index contributed by atoms with van der Waals surface area (Å²) in [4.78, 5) is 2.18. The Kier molecular flexibility index (Phi) is 8.50. The highest BCUT2D eigenvalue weighted by Crippen LogP contribution is 1.91. The van der Waals surface area contributed by atoms with E-state index >= 15 is 0 Å². The lowest BCUT2D eigenvalue weighted by Crippen LogP contribution is -2.44. The van der Waals surface area contributed by atoms with Crippen LogP contribution in [0.3, 0.4) is 0 Å². The molecular formula is C11H26N4O2. The van der Waals surface area contributed by atoms with Gasteiger partial charge in [-0.15, -0.1) is 0 Å². The fourth-order valence-corrected chi connectivity index (χ4v) is 1.85. The molecule has 102 valence electrons. The zero-order valence-electron chi connectivity index (χ0n) is 10.5. The highest BCUT2D eigenvalue weighted by Gasteiger charge is 2.10. The van der Waals surface area contributed by atoms with E-state index < -0.39 is 6.10 Å². The summed E-state index contributed by atoms with van der Waals surface area (Å²) in [6.07, 6.45) is -0.635. The number of nitrogens with zero attached hydrogens (tertiary/aromatic N) is 1. The summed E-state index contributed by atoms with van der Waals surface area (Å²) < 4.78 is 0. The molecule has 0 aliphatic carbocycles. The van der Waals surface area contributed by atoms with Gasteiger partial charge >= 0.3 is 0 Å². The van der Waals surface area contributed by atoms with E-state index in [1.807, 2.05) is 0 Å². The Hall–Kier alpha value is -0.240. The van der Waals surface area contributed by atoms with Crippen molar-refractivity contribution >= 4 is 0 Å². The van der Waals surface area contributed by atoms with Gasteiger partial charge in [0.2, 0.25) is 0 Å². The molecule has 0 aromatic heterocycles. The van der Waals surface area contributed by atoms with Gasteiger partial charge in [0, 0.05) is 58.9 Å². The molecular weight excluding hydrogens is 220 g/mol. The van der Waals surface area contributed by atoms with Gasteiger partial charge < -0.3 is 26.2 Å². The Balaban J connectivity index is 2.26. The summed E-state index contributed by atoms with van der Waals surface area (Å²) in [5.41, 5.74) is 0. The van der Waals surface area contributed by atoms with Crippen LogP contribution in [0, 0.1) is 0 Å². The van der Waals surface area contributed by atoms with Crippen LogP contribution in [0.1, 0.15) is 0 Å². The normalized spacial score (nSPS) is 23.6. The summed E-state index contributed by atoms with van der Waals surface area (Å²) in [5.74, 6) is 0. The SMILES string of the molecule is OC[C@@H](O)CN1CCNCCNCCNCC1. The topological polar surface area (TPSA) is 79.8 Å². The minimum Gasteiger partial charge on any atom is -0.394 e. The van der Waals surface area contributed by atoms with Crippen LogP contribution in [0.25, 0.3) is 0 Å². The molecule has 1 atom stereocenters. The van der Waals surface area contributed by atoms with Gasteiger partial charge in [-0.05, 0) is 0 Å². The Morgan fingerprint density at radius 1 is 0.882 bits per heavy atom. The number of aliphatic hydroxyl groups is 2. The average molecular weight is 246 g/mol. The molecule has 1 rings (SSSR count). The fraction of sp³-hybridized carbons (Fsp3) is 1.00. The second-order valence-corrected chi connectivity index (χ2v) is 4.39. The fourth-order valence-electron chi connectivity index (χ4n) is 1.85. The smallest absolute Gasteiger partial charge is 0.0897 e. The lowest BCUT2D eigenvalue weighted by molar-refractivity contribution is 0.0596. The molecule has 1 aliphatic heterocycles. The van der Waals surface area contributed by atoms with Crippen molar-refractivity contribution in [2.24, 2.45) is 0 Å². The van der Waals surface area contributed by atoms with Gasteiger partial charge in [0.05, 0.1) is 12.7 Å². The number of β-amino-alcohol motifs (C(OH)–C–C–N with tert-alkyl or cyclic N) is 1. The standard InChI is InChI=1S/C11H26N4O2/c16-10-11(17)9-15-7-5-13-3-1-12-2-4-14-6-8-15/h11-14,16-17H,1-10H2/t11-/m0/s1. The molecule has 0 aromatic rings. The quantitative estimate of drug-likeness (QED) is 0.377. The highest BCUT2D eigenvalue weighted by molar-refractivity contribution is 4.68. The molecule has 6 heteroatoms. The van der Waals surface area contributed by atoms with Crippen LogP contribution in [-0.2, 0) is 0 Å². The summed E-state index contributed by atoms with van der Waals surface area (Å²) >= 11 is 0. The lowest BCUT2D eigenvalue weighted by Gasteiger charge is -2.25. The van der Waals surface area contributed by atoms with Gasteiger partial charge in [0.15, 0.2) is 0 Å². The van der Waals surface area contributed by atoms with E-state index in [2.05, 4.69) is 20.9 Å². The Labute approximate surface area is 103 Å². The van der Waals surface area contributed by atoms with Gasteiger partial charge in [-0.2, -0.15) is 0 Å². The van der Waals surface area contributed by atoms with Crippen LogP contribution in [0.4, 0.5) is 0 Å². The first-order valence-corrected chi connectivity index (χ1v) is 6.46. The maximum absolute atomic E-state index is 9.46. The number of nitrogens with one attached hydrogen (secondary N) is 3. The molecule has 0 aromatic carbocycles. The predicted octanol–water partition coefficient (Wildman–Crippen LogP) is -2.58. The molecule has 17 heavy (non-hydrogen) atoms. The number of hydrogen-bond acceptors (Lipinski definition) is 6. The van der Waals surface area contributed by atoms with Gasteiger partial charge in [-0.3, -0.25) is 4.90 Å². The highest BCUT2D eigenvalue weighted by atomic mass is 16.3. The molecule has 1 aliphatic rings. The summed E-state index contributed by atoms with van der Waals surface area (Å²) in [6, 6.07) is 0. The summed E-state index contributed by atoms with van der Waals surface area (Å²) in [6.45, 7) is 7.92. The van der Waals surface area contributed by atoms with E-state index in [4.69, 9.17) is 5.11 Å². The third-order valence-electron chi connectivity index (χ3n) is 2.85. The first-order chi connectivity index (χ1) is 8.33. The van der Waals surface area contributed by atoms with Crippen LogP contribution < -0.4 is 16.0 Å². The number of aliphatic hydroxyl groups excluding tert-OH is 2. The molecule has 6 nitrogen and oxygen atoms in total. The maximum Gasteiger partial charge on any atom is 0.0897 e. The van der Waals surface area contributed by atoms with Crippen molar-refractivity contribution in [2.45, 2.75) is 6.10 Å². The third-order valence-corrected chi connectivity index (χ3v) is 2.85.